The molecule has 4 amide bonds. The molecule has 0 spiro atoms. The number of nitrogens with one attached hydrogen (secondary N) is 1. The van der Waals surface area contributed by atoms with Gasteiger partial charge in [-0.05, 0) is 32.6 Å². The lowest BCUT2D eigenvalue weighted by atomic mass is 9.93. The van der Waals surface area contributed by atoms with Crippen LogP contribution in [0, 0.1) is 0 Å². The first-order valence-electron chi connectivity index (χ1n) is 9.47. The fourth-order valence-electron chi connectivity index (χ4n) is 3.51. The van der Waals surface area contributed by atoms with E-state index in [0.717, 1.165) is 30.6 Å². The van der Waals surface area contributed by atoms with Crippen molar-refractivity contribution in [2.45, 2.75) is 70.9 Å². The lowest BCUT2D eigenvalue weighted by Gasteiger charge is -2.25. The maximum Gasteiger partial charge on any atom is 0.327 e. The van der Waals surface area contributed by atoms with Gasteiger partial charge in [0, 0.05) is 13.1 Å². The van der Waals surface area contributed by atoms with Crippen LogP contribution in [-0.4, -0.2) is 64.9 Å². The fourth-order valence-corrected chi connectivity index (χ4v) is 3.51. The Morgan fingerprint density at radius 3 is 2.19 bits per heavy atom. The quantitative estimate of drug-likeness (QED) is 0.566. The summed E-state index contributed by atoms with van der Waals surface area (Å²) < 4.78 is 5.20. The number of hydrogen-bond donors (Lipinski definition) is 1. The maximum absolute atomic E-state index is 12.5. The van der Waals surface area contributed by atoms with E-state index >= 15 is 0 Å². The molecule has 0 aromatic heterocycles. The second-order valence-corrected chi connectivity index (χ2v) is 6.98. The second-order valence-electron chi connectivity index (χ2n) is 6.98. The van der Waals surface area contributed by atoms with Crippen molar-refractivity contribution in [3.05, 3.63) is 0 Å². The highest BCUT2D eigenvalue weighted by Gasteiger charge is 2.49. The van der Waals surface area contributed by atoms with Gasteiger partial charge in [0.2, 0.25) is 0 Å². The molecular weight excluding hydrogens is 338 g/mol. The molecule has 8 heteroatoms. The number of rotatable bonds is 6. The predicted molar refractivity (Wildman–Crippen MR) is 94.2 cm³/mol. The second kappa shape index (κ2) is 8.51. The van der Waals surface area contributed by atoms with Crippen LogP contribution in [0.25, 0.3) is 0 Å². The van der Waals surface area contributed by atoms with Gasteiger partial charge in [0.05, 0.1) is 0 Å². The van der Waals surface area contributed by atoms with Crippen molar-refractivity contribution >= 4 is 23.8 Å². The number of ether oxygens (including phenoxy) is 1. The van der Waals surface area contributed by atoms with Gasteiger partial charge in [-0.25, -0.2) is 4.79 Å². The third-order valence-electron chi connectivity index (χ3n) is 5.31. The molecule has 2 rings (SSSR count). The van der Waals surface area contributed by atoms with Crippen molar-refractivity contribution < 1.29 is 23.9 Å². The standard InChI is InChI=1S/C18H29N3O5/c1-4-18(5-2)16(24)21(17(25)19-18)12-14(22)26-13(3)15(23)20-10-8-6-7-9-11-20/h13H,4-12H2,1-3H3,(H,19,25)/t13-/m1/s1. The van der Waals surface area contributed by atoms with Crippen molar-refractivity contribution in [2.75, 3.05) is 19.6 Å². The molecule has 0 unspecified atom stereocenters. The minimum Gasteiger partial charge on any atom is -0.451 e. The number of carbonyl (C=O) groups is 4. The average Bonchev–Trinajstić information content (AvgIpc) is 2.82. The van der Waals surface area contributed by atoms with Crippen LogP contribution in [0.1, 0.15) is 59.3 Å². The number of carbonyl (C=O) groups excluding carboxylic acids is 4. The number of likely N-dealkylation sites (tertiary alicyclic amines) is 1. The van der Waals surface area contributed by atoms with Crippen LogP contribution >= 0.6 is 0 Å². The molecule has 0 saturated carbocycles. The summed E-state index contributed by atoms with van der Waals surface area (Å²) >= 11 is 0. The van der Waals surface area contributed by atoms with E-state index < -0.39 is 36.1 Å². The van der Waals surface area contributed by atoms with Gasteiger partial charge in [-0.2, -0.15) is 0 Å². The molecule has 1 atom stereocenters. The summed E-state index contributed by atoms with van der Waals surface area (Å²) in [5, 5.41) is 2.66. The molecule has 26 heavy (non-hydrogen) atoms. The van der Waals surface area contributed by atoms with Gasteiger partial charge in [0.15, 0.2) is 6.10 Å². The van der Waals surface area contributed by atoms with Crippen molar-refractivity contribution in [1.29, 1.82) is 0 Å². The zero-order chi connectivity index (χ0) is 19.3. The fraction of sp³-hybridized carbons (Fsp3) is 0.778. The summed E-state index contributed by atoms with van der Waals surface area (Å²) in [6, 6.07) is -0.595. The molecule has 0 aromatic rings. The highest BCUT2D eigenvalue weighted by atomic mass is 16.5. The Morgan fingerprint density at radius 2 is 1.69 bits per heavy atom. The van der Waals surface area contributed by atoms with Crippen molar-refractivity contribution in [1.82, 2.24) is 15.1 Å². The highest BCUT2D eigenvalue weighted by Crippen LogP contribution is 2.24. The van der Waals surface area contributed by atoms with Gasteiger partial charge in [0.25, 0.3) is 11.8 Å². The predicted octanol–water partition coefficient (Wildman–Crippen LogP) is 1.43. The van der Waals surface area contributed by atoms with Gasteiger partial charge in [-0.15, -0.1) is 0 Å². The van der Waals surface area contributed by atoms with Crippen LogP contribution in [0.2, 0.25) is 0 Å². The van der Waals surface area contributed by atoms with E-state index in [2.05, 4.69) is 5.32 Å². The van der Waals surface area contributed by atoms with E-state index in [4.69, 9.17) is 4.74 Å². The summed E-state index contributed by atoms with van der Waals surface area (Å²) in [4.78, 5) is 51.8. The smallest absolute Gasteiger partial charge is 0.327 e. The Morgan fingerprint density at radius 1 is 1.12 bits per heavy atom. The van der Waals surface area contributed by atoms with Crippen molar-refractivity contribution in [3.8, 4) is 0 Å². The minimum absolute atomic E-state index is 0.228. The molecule has 2 saturated heterocycles. The molecule has 146 valence electrons. The summed E-state index contributed by atoms with van der Waals surface area (Å²) in [6.07, 6.45) is 4.06. The van der Waals surface area contributed by atoms with Crippen molar-refractivity contribution in [2.24, 2.45) is 0 Å². The Labute approximate surface area is 154 Å². The SMILES string of the molecule is CCC1(CC)NC(=O)N(CC(=O)O[C@H](C)C(=O)N2CCCCCC2)C1=O. The van der Waals surface area contributed by atoms with E-state index in [1.54, 1.807) is 4.90 Å². The molecule has 2 aliphatic rings. The Bertz CT molecular complexity index is 565. The number of urea groups is 1. The summed E-state index contributed by atoms with van der Waals surface area (Å²) in [7, 11) is 0. The molecule has 1 N–H and O–H groups in total. The Kier molecular flexibility index (Phi) is 6.61. The number of nitrogens with zero attached hydrogens (tertiary/aromatic N) is 2. The van der Waals surface area contributed by atoms with Gasteiger partial charge >= 0.3 is 12.0 Å². The maximum atomic E-state index is 12.5. The molecule has 8 nitrogen and oxygen atoms in total. The zero-order valence-electron chi connectivity index (χ0n) is 15.9. The molecule has 0 radical (unpaired) electrons. The van der Waals surface area contributed by atoms with E-state index in [-0.39, 0.29) is 5.91 Å². The molecule has 0 aromatic carbocycles. The monoisotopic (exact) mass is 367 g/mol. The van der Waals surface area contributed by atoms with E-state index in [1.807, 2.05) is 13.8 Å². The molecule has 2 heterocycles. The number of amides is 4. The lowest BCUT2D eigenvalue weighted by Crippen LogP contribution is -2.46. The molecular formula is C18H29N3O5. The molecule has 2 fully saturated rings. The number of imide groups is 1. The van der Waals surface area contributed by atoms with E-state index in [9.17, 15) is 19.2 Å². The molecule has 2 aliphatic heterocycles. The van der Waals surface area contributed by atoms with Gasteiger partial charge in [-0.3, -0.25) is 19.3 Å². The number of hydrogen-bond acceptors (Lipinski definition) is 5. The normalized spacial score (nSPS) is 21.2. The van der Waals surface area contributed by atoms with Gasteiger partial charge < -0.3 is 15.0 Å². The van der Waals surface area contributed by atoms with Crippen LogP contribution in [0.3, 0.4) is 0 Å². The average molecular weight is 367 g/mol. The van der Waals surface area contributed by atoms with Gasteiger partial charge in [-0.1, -0.05) is 26.7 Å². The highest BCUT2D eigenvalue weighted by molar-refractivity contribution is 6.08. The first-order valence-corrected chi connectivity index (χ1v) is 9.47. The summed E-state index contributed by atoms with van der Waals surface area (Å²) in [5.41, 5.74) is -0.954. The van der Waals surface area contributed by atoms with Crippen LogP contribution in [0.15, 0.2) is 0 Å². The van der Waals surface area contributed by atoms with Crippen LogP contribution in [0.4, 0.5) is 4.79 Å². The first kappa shape index (κ1) is 20.2. The first-order chi connectivity index (χ1) is 12.3. The summed E-state index contributed by atoms with van der Waals surface area (Å²) in [5.74, 6) is -1.41. The number of esters is 1. The lowest BCUT2D eigenvalue weighted by molar-refractivity contribution is -0.160. The minimum atomic E-state index is -0.954. The van der Waals surface area contributed by atoms with Crippen LogP contribution < -0.4 is 5.32 Å². The van der Waals surface area contributed by atoms with E-state index in [0.29, 0.717) is 25.9 Å². The summed E-state index contributed by atoms with van der Waals surface area (Å²) in [6.45, 7) is 6.01. The molecule has 0 aliphatic carbocycles. The topological polar surface area (TPSA) is 96.0 Å². The Hall–Kier alpha value is -2.12. The van der Waals surface area contributed by atoms with Crippen LogP contribution in [0.5, 0.6) is 0 Å². The van der Waals surface area contributed by atoms with E-state index in [1.165, 1.54) is 6.92 Å². The van der Waals surface area contributed by atoms with Gasteiger partial charge in [0.1, 0.15) is 12.1 Å². The largest absolute Gasteiger partial charge is 0.451 e. The molecule has 0 bridgehead atoms. The third kappa shape index (κ3) is 4.16. The van der Waals surface area contributed by atoms with Crippen LogP contribution in [-0.2, 0) is 19.1 Å². The zero-order valence-corrected chi connectivity index (χ0v) is 15.9. The Balaban J connectivity index is 1.92. The third-order valence-corrected chi connectivity index (χ3v) is 5.31. The van der Waals surface area contributed by atoms with Crippen molar-refractivity contribution in [3.63, 3.8) is 0 Å².